The fraction of sp³-hybridized carbons (Fsp3) is 0.455. The van der Waals surface area contributed by atoms with E-state index in [9.17, 15) is 8.78 Å². The minimum absolute atomic E-state index is 0.0422. The fourth-order valence-corrected chi connectivity index (χ4v) is 1.19. The van der Waals surface area contributed by atoms with E-state index >= 15 is 0 Å². The Morgan fingerprint density at radius 3 is 2.47 bits per heavy atom. The van der Waals surface area contributed by atoms with Gasteiger partial charge in [-0.05, 0) is 18.1 Å². The van der Waals surface area contributed by atoms with Crippen molar-refractivity contribution in [3.63, 3.8) is 0 Å². The summed E-state index contributed by atoms with van der Waals surface area (Å²) in [4.78, 5) is 0. The van der Waals surface area contributed by atoms with Gasteiger partial charge >= 0.3 is 0 Å². The topological polar surface area (TPSA) is 35.2 Å². The van der Waals surface area contributed by atoms with Crippen LogP contribution < -0.4 is 10.5 Å². The number of halogens is 2. The normalized spacial score (nSPS) is 12.9. The number of rotatable bonds is 4. The molecule has 0 aliphatic heterocycles. The van der Waals surface area contributed by atoms with E-state index in [2.05, 4.69) is 0 Å². The number of benzene rings is 1. The molecule has 84 valence electrons. The highest BCUT2D eigenvalue weighted by Gasteiger charge is 2.15. The monoisotopic (exact) mass is 215 g/mol. The Morgan fingerprint density at radius 1 is 1.33 bits per heavy atom. The van der Waals surface area contributed by atoms with Crippen LogP contribution in [-0.2, 0) is 0 Å². The van der Waals surface area contributed by atoms with Gasteiger partial charge in [-0.2, -0.15) is 0 Å². The number of hydrogen-bond acceptors (Lipinski definition) is 2. The van der Waals surface area contributed by atoms with E-state index in [4.69, 9.17) is 10.5 Å². The number of hydrogen-bond donors (Lipinski definition) is 1. The summed E-state index contributed by atoms with van der Waals surface area (Å²) in [5.74, 6) is -1.09. The van der Waals surface area contributed by atoms with Crippen LogP contribution in [0.15, 0.2) is 18.2 Å². The highest BCUT2D eigenvalue weighted by molar-refractivity contribution is 5.25. The van der Waals surface area contributed by atoms with Gasteiger partial charge in [-0.15, -0.1) is 0 Å². The van der Waals surface area contributed by atoms with E-state index in [0.29, 0.717) is 6.54 Å². The lowest BCUT2D eigenvalue weighted by Crippen LogP contribution is -2.32. The summed E-state index contributed by atoms with van der Waals surface area (Å²) in [6.45, 7) is 4.16. The first-order valence-electron chi connectivity index (χ1n) is 4.86. The SMILES string of the molecule is CC(C)C(CN)Oc1ccc(F)cc1F. The van der Waals surface area contributed by atoms with Crippen molar-refractivity contribution in [3.05, 3.63) is 29.8 Å². The summed E-state index contributed by atoms with van der Waals surface area (Å²) in [5.41, 5.74) is 5.48. The van der Waals surface area contributed by atoms with Crippen LogP contribution in [0, 0.1) is 17.6 Å². The summed E-state index contributed by atoms with van der Waals surface area (Å²) in [6, 6.07) is 3.23. The molecule has 0 heterocycles. The Hall–Kier alpha value is -1.16. The van der Waals surface area contributed by atoms with Crippen LogP contribution in [0.5, 0.6) is 5.75 Å². The van der Waals surface area contributed by atoms with Crippen molar-refractivity contribution in [2.45, 2.75) is 20.0 Å². The van der Waals surface area contributed by atoms with Gasteiger partial charge in [-0.1, -0.05) is 13.8 Å². The summed E-state index contributed by atoms with van der Waals surface area (Å²) in [5, 5.41) is 0. The van der Waals surface area contributed by atoms with Gasteiger partial charge in [-0.3, -0.25) is 0 Å². The van der Waals surface area contributed by atoms with E-state index in [1.807, 2.05) is 13.8 Å². The Labute approximate surface area is 88.0 Å². The van der Waals surface area contributed by atoms with Crippen LogP contribution in [0.4, 0.5) is 8.78 Å². The first kappa shape index (κ1) is 11.9. The molecule has 0 radical (unpaired) electrons. The Morgan fingerprint density at radius 2 is 2.00 bits per heavy atom. The first-order chi connectivity index (χ1) is 7.04. The maximum atomic E-state index is 13.2. The molecule has 0 bridgehead atoms. The Balaban J connectivity index is 2.79. The van der Waals surface area contributed by atoms with E-state index < -0.39 is 11.6 Å². The van der Waals surface area contributed by atoms with Crippen LogP contribution in [0.1, 0.15) is 13.8 Å². The molecule has 0 saturated carbocycles. The van der Waals surface area contributed by atoms with Crippen LogP contribution >= 0.6 is 0 Å². The highest BCUT2D eigenvalue weighted by Crippen LogP contribution is 2.20. The highest BCUT2D eigenvalue weighted by atomic mass is 19.1. The molecule has 0 saturated heterocycles. The molecule has 0 spiro atoms. The van der Waals surface area contributed by atoms with Gasteiger partial charge in [0.25, 0.3) is 0 Å². The van der Waals surface area contributed by atoms with Crippen molar-refractivity contribution in [2.75, 3.05) is 6.54 Å². The standard InChI is InChI=1S/C11H15F2NO/c1-7(2)11(6-14)15-10-4-3-8(12)5-9(10)13/h3-5,7,11H,6,14H2,1-2H3. The van der Waals surface area contributed by atoms with Crippen molar-refractivity contribution >= 4 is 0 Å². The molecular weight excluding hydrogens is 200 g/mol. The lowest BCUT2D eigenvalue weighted by molar-refractivity contribution is 0.152. The zero-order valence-corrected chi connectivity index (χ0v) is 8.84. The average molecular weight is 215 g/mol. The predicted molar refractivity (Wildman–Crippen MR) is 54.7 cm³/mol. The quantitative estimate of drug-likeness (QED) is 0.836. The molecule has 1 atom stereocenters. The molecule has 1 unspecified atom stereocenters. The number of nitrogens with two attached hydrogens (primary N) is 1. The maximum Gasteiger partial charge on any atom is 0.167 e. The van der Waals surface area contributed by atoms with Gasteiger partial charge in [0.1, 0.15) is 11.9 Å². The van der Waals surface area contributed by atoms with Gasteiger partial charge in [0.15, 0.2) is 11.6 Å². The van der Waals surface area contributed by atoms with Gasteiger partial charge in [0.05, 0.1) is 0 Å². The molecule has 15 heavy (non-hydrogen) atoms. The van der Waals surface area contributed by atoms with Crippen molar-refractivity contribution in [1.82, 2.24) is 0 Å². The summed E-state index contributed by atoms with van der Waals surface area (Å²) >= 11 is 0. The lowest BCUT2D eigenvalue weighted by atomic mass is 10.1. The second-order valence-corrected chi connectivity index (χ2v) is 3.71. The molecule has 2 N–H and O–H groups in total. The summed E-state index contributed by atoms with van der Waals surface area (Å²) in [6.07, 6.45) is -0.259. The third-order valence-corrected chi connectivity index (χ3v) is 2.15. The van der Waals surface area contributed by atoms with E-state index in [1.54, 1.807) is 0 Å². The Bertz CT molecular complexity index is 328. The average Bonchev–Trinajstić information content (AvgIpc) is 2.16. The largest absolute Gasteiger partial charge is 0.486 e. The molecule has 0 aliphatic carbocycles. The van der Waals surface area contributed by atoms with Gasteiger partial charge < -0.3 is 10.5 Å². The molecule has 2 nitrogen and oxygen atoms in total. The smallest absolute Gasteiger partial charge is 0.167 e. The van der Waals surface area contributed by atoms with Crippen LogP contribution in [0.25, 0.3) is 0 Å². The molecule has 0 amide bonds. The zero-order valence-electron chi connectivity index (χ0n) is 8.84. The molecule has 0 aromatic heterocycles. The maximum absolute atomic E-state index is 13.2. The minimum Gasteiger partial charge on any atom is -0.486 e. The minimum atomic E-state index is -0.700. The first-order valence-corrected chi connectivity index (χ1v) is 4.86. The van der Waals surface area contributed by atoms with E-state index in [0.717, 1.165) is 12.1 Å². The predicted octanol–water partition coefficient (Wildman–Crippen LogP) is 2.33. The molecule has 4 heteroatoms. The van der Waals surface area contributed by atoms with Crippen LogP contribution in [-0.4, -0.2) is 12.6 Å². The second kappa shape index (κ2) is 5.07. The van der Waals surface area contributed by atoms with Crippen molar-refractivity contribution < 1.29 is 13.5 Å². The van der Waals surface area contributed by atoms with Crippen LogP contribution in [0.2, 0.25) is 0 Å². The van der Waals surface area contributed by atoms with Gasteiger partial charge in [-0.25, -0.2) is 8.78 Å². The van der Waals surface area contributed by atoms with E-state index in [-0.39, 0.29) is 17.8 Å². The Kier molecular flexibility index (Phi) is 4.03. The molecule has 0 fully saturated rings. The van der Waals surface area contributed by atoms with Gasteiger partial charge in [0.2, 0.25) is 0 Å². The lowest BCUT2D eigenvalue weighted by Gasteiger charge is -2.21. The van der Waals surface area contributed by atoms with E-state index in [1.165, 1.54) is 6.07 Å². The van der Waals surface area contributed by atoms with Crippen molar-refractivity contribution in [2.24, 2.45) is 11.7 Å². The van der Waals surface area contributed by atoms with Crippen molar-refractivity contribution in [3.8, 4) is 5.75 Å². The molecule has 1 aromatic carbocycles. The molecule has 0 aliphatic rings. The summed E-state index contributed by atoms with van der Waals surface area (Å²) in [7, 11) is 0. The van der Waals surface area contributed by atoms with Crippen molar-refractivity contribution in [1.29, 1.82) is 0 Å². The van der Waals surface area contributed by atoms with Crippen LogP contribution in [0.3, 0.4) is 0 Å². The second-order valence-electron chi connectivity index (χ2n) is 3.71. The molecule has 1 aromatic rings. The molecule has 1 rings (SSSR count). The molecular formula is C11H15F2NO. The van der Waals surface area contributed by atoms with Gasteiger partial charge in [0, 0.05) is 12.6 Å². The third kappa shape index (κ3) is 3.16. The third-order valence-electron chi connectivity index (χ3n) is 2.15. The fourth-order valence-electron chi connectivity index (χ4n) is 1.19. The zero-order chi connectivity index (χ0) is 11.4. The number of ether oxygens (including phenoxy) is 1. The summed E-state index contributed by atoms with van der Waals surface area (Å²) < 4.78 is 31.2.